The number of likely N-dealkylation sites (tertiary alicyclic amines) is 1. The molecule has 0 spiro atoms. The summed E-state index contributed by atoms with van der Waals surface area (Å²) in [5.41, 5.74) is 0.760. The summed E-state index contributed by atoms with van der Waals surface area (Å²) in [4.78, 5) is 35.6. The highest BCUT2D eigenvalue weighted by atomic mass is 16.5. The minimum Gasteiger partial charge on any atom is -0.473 e. The molecule has 0 unspecified atom stereocenters. The number of piperidine rings is 1. The predicted molar refractivity (Wildman–Crippen MR) is 119 cm³/mol. The van der Waals surface area contributed by atoms with Crippen molar-refractivity contribution in [3.8, 4) is 0 Å². The van der Waals surface area contributed by atoms with Crippen molar-refractivity contribution < 1.29 is 29.3 Å². The number of carbonyl (C=O) groups excluding carboxylic acids is 1. The van der Waals surface area contributed by atoms with E-state index >= 15 is 0 Å². The quantitative estimate of drug-likeness (QED) is 0.452. The summed E-state index contributed by atoms with van der Waals surface area (Å²) in [5.74, 6) is -3.47. The standard InChI is InChI=1S/C21H34N2O2.C2H2O4/c1-4-6-10-15-22-16-13-21(14-17-22,18-25-3)23(20(24)5-2)19-11-8-7-9-12-19;3-1(4)2(5)6/h7-9,11-12H,4-6,10,13-18H2,1-3H3;(H,3,4)(H,5,6). The van der Waals surface area contributed by atoms with Crippen molar-refractivity contribution in [3.05, 3.63) is 30.3 Å². The molecule has 1 amide bonds. The molecule has 1 aromatic carbocycles. The predicted octanol–water partition coefficient (Wildman–Crippen LogP) is 3.26. The zero-order valence-electron chi connectivity index (χ0n) is 18.9. The van der Waals surface area contributed by atoms with E-state index in [1.165, 1.54) is 25.8 Å². The summed E-state index contributed by atoms with van der Waals surface area (Å²) in [6.45, 7) is 8.02. The van der Waals surface area contributed by atoms with E-state index in [0.29, 0.717) is 13.0 Å². The summed E-state index contributed by atoms with van der Waals surface area (Å²) < 4.78 is 5.60. The van der Waals surface area contributed by atoms with Crippen LogP contribution in [0.3, 0.4) is 0 Å². The molecular formula is C23H36N2O6. The lowest BCUT2D eigenvalue weighted by molar-refractivity contribution is -0.159. The molecule has 0 bridgehead atoms. The van der Waals surface area contributed by atoms with Gasteiger partial charge < -0.3 is 24.7 Å². The first-order chi connectivity index (χ1) is 14.8. The van der Waals surface area contributed by atoms with Crippen LogP contribution in [-0.4, -0.2) is 71.8 Å². The van der Waals surface area contributed by atoms with Crippen LogP contribution in [0, 0.1) is 0 Å². The van der Waals surface area contributed by atoms with E-state index in [1.54, 1.807) is 7.11 Å². The van der Waals surface area contributed by atoms with E-state index in [-0.39, 0.29) is 11.4 Å². The fraction of sp³-hybridized carbons (Fsp3) is 0.609. The van der Waals surface area contributed by atoms with Gasteiger partial charge in [-0.1, -0.05) is 44.9 Å². The van der Waals surface area contributed by atoms with E-state index in [4.69, 9.17) is 24.5 Å². The summed E-state index contributed by atoms with van der Waals surface area (Å²) in [5, 5.41) is 14.8. The number of carbonyl (C=O) groups is 3. The third-order valence-corrected chi connectivity index (χ3v) is 5.50. The molecule has 0 saturated carbocycles. The Balaban J connectivity index is 0.000000703. The van der Waals surface area contributed by atoms with Gasteiger partial charge in [0.1, 0.15) is 0 Å². The highest BCUT2D eigenvalue weighted by Crippen LogP contribution is 2.34. The number of para-hydroxylation sites is 1. The number of aliphatic carboxylic acids is 2. The zero-order chi connectivity index (χ0) is 23.3. The molecule has 1 saturated heterocycles. The molecule has 1 fully saturated rings. The van der Waals surface area contributed by atoms with Crippen molar-refractivity contribution in [3.63, 3.8) is 0 Å². The van der Waals surface area contributed by atoms with Gasteiger partial charge in [0.05, 0.1) is 12.1 Å². The van der Waals surface area contributed by atoms with Crippen LogP contribution in [0.4, 0.5) is 5.69 Å². The zero-order valence-corrected chi connectivity index (χ0v) is 18.9. The van der Waals surface area contributed by atoms with Gasteiger partial charge in [0.15, 0.2) is 0 Å². The molecule has 8 nitrogen and oxygen atoms in total. The normalized spacial score (nSPS) is 15.5. The van der Waals surface area contributed by atoms with Crippen molar-refractivity contribution in [2.24, 2.45) is 0 Å². The average Bonchev–Trinajstić information content (AvgIpc) is 2.76. The van der Waals surface area contributed by atoms with E-state index in [9.17, 15) is 4.79 Å². The monoisotopic (exact) mass is 436 g/mol. The van der Waals surface area contributed by atoms with Crippen LogP contribution in [-0.2, 0) is 19.1 Å². The number of amides is 1. The molecule has 1 aliphatic rings. The largest absolute Gasteiger partial charge is 0.473 e. The number of hydrogen-bond donors (Lipinski definition) is 2. The van der Waals surface area contributed by atoms with Crippen molar-refractivity contribution >= 4 is 23.5 Å². The van der Waals surface area contributed by atoms with Gasteiger partial charge in [0.25, 0.3) is 0 Å². The van der Waals surface area contributed by atoms with Gasteiger partial charge in [0.2, 0.25) is 5.91 Å². The maximum absolute atomic E-state index is 12.8. The van der Waals surface area contributed by atoms with Crippen LogP contribution >= 0.6 is 0 Å². The Morgan fingerprint density at radius 2 is 1.61 bits per heavy atom. The van der Waals surface area contributed by atoms with Gasteiger partial charge in [-0.3, -0.25) is 4.79 Å². The van der Waals surface area contributed by atoms with Crippen LogP contribution in [0.1, 0.15) is 52.4 Å². The Kier molecular flexibility index (Phi) is 11.8. The SMILES string of the molecule is CCCCCN1CCC(COC)(N(C(=O)CC)c2ccccc2)CC1.O=C(O)C(=O)O. The smallest absolute Gasteiger partial charge is 0.414 e. The lowest BCUT2D eigenvalue weighted by Gasteiger charge is -2.48. The van der Waals surface area contributed by atoms with Gasteiger partial charge in [0, 0.05) is 32.3 Å². The van der Waals surface area contributed by atoms with E-state index in [2.05, 4.69) is 11.8 Å². The average molecular weight is 437 g/mol. The van der Waals surface area contributed by atoms with Crippen molar-refractivity contribution in [2.75, 3.05) is 38.3 Å². The molecule has 0 aliphatic carbocycles. The summed E-state index contributed by atoms with van der Waals surface area (Å²) >= 11 is 0. The fourth-order valence-corrected chi connectivity index (χ4v) is 3.90. The number of anilines is 1. The first kappa shape index (κ1) is 26.6. The number of hydrogen-bond acceptors (Lipinski definition) is 5. The molecule has 2 rings (SSSR count). The molecule has 31 heavy (non-hydrogen) atoms. The van der Waals surface area contributed by atoms with Crippen LogP contribution in [0.15, 0.2) is 30.3 Å². The van der Waals surface area contributed by atoms with E-state index < -0.39 is 11.9 Å². The van der Waals surface area contributed by atoms with E-state index in [1.807, 2.05) is 42.2 Å². The Morgan fingerprint density at radius 3 is 2.06 bits per heavy atom. The molecule has 0 atom stereocenters. The Morgan fingerprint density at radius 1 is 1.03 bits per heavy atom. The van der Waals surface area contributed by atoms with E-state index in [0.717, 1.165) is 31.6 Å². The minimum absolute atomic E-state index is 0.183. The molecule has 1 aliphatic heterocycles. The molecule has 0 aromatic heterocycles. The second-order valence-corrected chi connectivity index (χ2v) is 7.73. The van der Waals surface area contributed by atoms with Gasteiger partial charge in [-0.25, -0.2) is 9.59 Å². The molecule has 0 radical (unpaired) electrons. The van der Waals surface area contributed by atoms with Crippen molar-refractivity contribution in [1.82, 2.24) is 4.90 Å². The third-order valence-electron chi connectivity index (χ3n) is 5.50. The Hall–Kier alpha value is -2.45. The number of carboxylic acids is 2. The molecule has 1 aromatic rings. The number of benzene rings is 1. The molecule has 2 N–H and O–H groups in total. The second-order valence-electron chi connectivity index (χ2n) is 7.73. The first-order valence-corrected chi connectivity index (χ1v) is 10.9. The maximum Gasteiger partial charge on any atom is 0.414 e. The maximum atomic E-state index is 12.8. The highest BCUT2D eigenvalue weighted by molar-refractivity contribution is 6.27. The summed E-state index contributed by atoms with van der Waals surface area (Å²) in [7, 11) is 1.75. The van der Waals surface area contributed by atoms with Gasteiger partial charge in [-0.15, -0.1) is 0 Å². The molecule has 8 heteroatoms. The van der Waals surface area contributed by atoms with Gasteiger partial charge >= 0.3 is 11.9 Å². The first-order valence-electron chi connectivity index (χ1n) is 10.9. The fourth-order valence-electron chi connectivity index (χ4n) is 3.90. The third kappa shape index (κ3) is 8.30. The summed E-state index contributed by atoms with van der Waals surface area (Å²) in [6, 6.07) is 10.1. The van der Waals surface area contributed by atoms with Gasteiger partial charge in [-0.05, 0) is 37.9 Å². The molecule has 1 heterocycles. The number of carboxylic acid groups (broad SMARTS) is 2. The topological polar surface area (TPSA) is 107 Å². The summed E-state index contributed by atoms with van der Waals surface area (Å²) in [6.07, 6.45) is 6.27. The number of ether oxygens (including phenoxy) is 1. The van der Waals surface area contributed by atoms with Crippen LogP contribution < -0.4 is 4.90 Å². The minimum atomic E-state index is -1.82. The van der Waals surface area contributed by atoms with Crippen LogP contribution in [0.25, 0.3) is 0 Å². The second kappa shape index (κ2) is 13.8. The number of rotatable bonds is 9. The number of nitrogens with zero attached hydrogens (tertiary/aromatic N) is 2. The van der Waals surface area contributed by atoms with Gasteiger partial charge in [-0.2, -0.15) is 0 Å². The Bertz CT molecular complexity index is 675. The van der Waals surface area contributed by atoms with Crippen LogP contribution in [0.2, 0.25) is 0 Å². The molecule has 174 valence electrons. The van der Waals surface area contributed by atoms with Crippen molar-refractivity contribution in [1.29, 1.82) is 0 Å². The lowest BCUT2D eigenvalue weighted by atomic mass is 9.85. The highest BCUT2D eigenvalue weighted by Gasteiger charge is 2.42. The van der Waals surface area contributed by atoms with Crippen molar-refractivity contribution in [2.45, 2.75) is 57.9 Å². The number of methoxy groups -OCH3 is 1. The Labute approximate surface area is 184 Å². The molecular weight excluding hydrogens is 400 g/mol. The van der Waals surface area contributed by atoms with Crippen LogP contribution in [0.5, 0.6) is 0 Å². The number of unbranched alkanes of at least 4 members (excludes halogenated alkanes) is 2. The lowest BCUT2D eigenvalue weighted by Crippen LogP contribution is -2.60.